The van der Waals surface area contributed by atoms with Crippen LogP contribution >= 0.6 is 0 Å². The van der Waals surface area contributed by atoms with E-state index >= 15 is 0 Å². The topological polar surface area (TPSA) is 44.5 Å². The predicted molar refractivity (Wildman–Crippen MR) is 101 cm³/mol. The van der Waals surface area contributed by atoms with Gasteiger partial charge in [0.15, 0.2) is 0 Å². The van der Waals surface area contributed by atoms with Crippen LogP contribution in [-0.2, 0) is 6.67 Å². The van der Waals surface area contributed by atoms with Gasteiger partial charge >= 0.3 is 0 Å². The molecule has 1 aliphatic rings. The SMILES string of the molecule is C[C@H](O)c1nc2ccccc2n1CN1CCN(c2ccccc2)CC1. The quantitative estimate of drug-likeness (QED) is 0.796. The van der Waals surface area contributed by atoms with Crippen LogP contribution in [0.2, 0.25) is 0 Å². The van der Waals surface area contributed by atoms with Crippen molar-refractivity contribution in [3.63, 3.8) is 0 Å². The van der Waals surface area contributed by atoms with Crippen molar-refractivity contribution in [2.75, 3.05) is 31.1 Å². The second-order valence-corrected chi connectivity index (χ2v) is 6.64. The monoisotopic (exact) mass is 336 g/mol. The Kier molecular flexibility index (Phi) is 4.42. The second-order valence-electron chi connectivity index (χ2n) is 6.64. The van der Waals surface area contributed by atoms with Crippen molar-refractivity contribution in [3.8, 4) is 0 Å². The molecule has 1 N–H and O–H groups in total. The molecule has 3 aromatic rings. The van der Waals surface area contributed by atoms with Crippen LogP contribution in [-0.4, -0.2) is 45.7 Å². The minimum atomic E-state index is -0.571. The van der Waals surface area contributed by atoms with Gasteiger partial charge in [0.25, 0.3) is 0 Å². The molecule has 5 nitrogen and oxygen atoms in total. The summed E-state index contributed by atoms with van der Waals surface area (Å²) in [6, 6.07) is 18.7. The van der Waals surface area contributed by atoms with Crippen LogP contribution in [0.15, 0.2) is 54.6 Å². The van der Waals surface area contributed by atoms with Gasteiger partial charge in [0.2, 0.25) is 0 Å². The third-order valence-electron chi connectivity index (χ3n) is 4.89. The molecule has 0 unspecified atom stereocenters. The molecule has 25 heavy (non-hydrogen) atoms. The fraction of sp³-hybridized carbons (Fsp3) is 0.350. The highest BCUT2D eigenvalue weighted by atomic mass is 16.3. The number of imidazole rings is 1. The van der Waals surface area contributed by atoms with E-state index in [0.717, 1.165) is 49.7 Å². The lowest BCUT2D eigenvalue weighted by Gasteiger charge is -2.36. The summed E-state index contributed by atoms with van der Waals surface area (Å²) in [6.07, 6.45) is -0.571. The molecule has 5 heteroatoms. The Morgan fingerprint density at radius 3 is 2.36 bits per heavy atom. The van der Waals surface area contributed by atoms with Gasteiger partial charge < -0.3 is 14.6 Å². The molecule has 2 heterocycles. The summed E-state index contributed by atoms with van der Waals surface area (Å²) in [5.74, 6) is 0.742. The van der Waals surface area contributed by atoms with E-state index in [1.807, 2.05) is 18.2 Å². The molecule has 1 fully saturated rings. The first-order valence-electron chi connectivity index (χ1n) is 8.88. The Morgan fingerprint density at radius 1 is 0.960 bits per heavy atom. The fourth-order valence-corrected chi connectivity index (χ4v) is 3.55. The maximum absolute atomic E-state index is 10.1. The lowest BCUT2D eigenvalue weighted by atomic mass is 10.2. The summed E-state index contributed by atoms with van der Waals surface area (Å²) in [6.45, 7) is 6.58. The first kappa shape index (κ1) is 16.1. The zero-order valence-electron chi connectivity index (χ0n) is 14.5. The summed E-state index contributed by atoms with van der Waals surface area (Å²) in [4.78, 5) is 9.47. The van der Waals surface area contributed by atoms with Crippen molar-refractivity contribution < 1.29 is 5.11 Å². The highest BCUT2D eigenvalue weighted by Gasteiger charge is 2.20. The number of aliphatic hydroxyl groups excluding tert-OH is 1. The van der Waals surface area contributed by atoms with Crippen LogP contribution in [0.25, 0.3) is 11.0 Å². The number of fused-ring (bicyclic) bond motifs is 1. The number of aliphatic hydroxyl groups is 1. The van der Waals surface area contributed by atoms with Crippen LogP contribution in [0.4, 0.5) is 5.69 Å². The molecular formula is C20H24N4O. The molecule has 0 radical (unpaired) electrons. The molecule has 130 valence electrons. The first-order chi connectivity index (χ1) is 12.2. The molecule has 0 bridgehead atoms. The van der Waals surface area contributed by atoms with E-state index < -0.39 is 6.10 Å². The van der Waals surface area contributed by atoms with E-state index in [9.17, 15) is 5.11 Å². The van der Waals surface area contributed by atoms with Crippen LogP contribution in [0, 0.1) is 0 Å². The molecule has 0 amide bonds. The van der Waals surface area contributed by atoms with Crippen LogP contribution in [0.1, 0.15) is 18.9 Å². The Hall–Kier alpha value is -2.37. The standard InChI is InChI=1S/C20H24N4O/c1-16(25)20-21-18-9-5-6-10-19(18)24(20)15-22-11-13-23(14-12-22)17-7-3-2-4-8-17/h2-10,16,25H,11-15H2,1H3/t16-/m0/s1. The van der Waals surface area contributed by atoms with Gasteiger partial charge in [0, 0.05) is 31.9 Å². The predicted octanol–water partition coefficient (Wildman–Crippen LogP) is 2.87. The van der Waals surface area contributed by atoms with Crippen LogP contribution in [0.3, 0.4) is 0 Å². The average Bonchev–Trinajstić information content (AvgIpc) is 3.02. The zero-order chi connectivity index (χ0) is 17.2. The summed E-state index contributed by atoms with van der Waals surface area (Å²) >= 11 is 0. The molecule has 1 aromatic heterocycles. The number of para-hydroxylation sites is 3. The highest BCUT2D eigenvalue weighted by molar-refractivity contribution is 5.76. The molecule has 2 aromatic carbocycles. The number of benzene rings is 2. The number of piperazine rings is 1. The molecule has 1 atom stereocenters. The van der Waals surface area contributed by atoms with Gasteiger partial charge in [0.05, 0.1) is 17.7 Å². The summed E-state index contributed by atoms with van der Waals surface area (Å²) in [5.41, 5.74) is 3.32. The molecule has 4 rings (SSSR count). The first-order valence-corrected chi connectivity index (χ1v) is 8.88. The van der Waals surface area contributed by atoms with Gasteiger partial charge in [-0.3, -0.25) is 4.90 Å². The molecule has 1 saturated heterocycles. The summed E-state index contributed by atoms with van der Waals surface area (Å²) in [5, 5.41) is 10.1. The lowest BCUT2D eigenvalue weighted by Crippen LogP contribution is -2.47. The van der Waals surface area contributed by atoms with Gasteiger partial charge in [0.1, 0.15) is 11.9 Å². The normalized spacial score (nSPS) is 17.1. The van der Waals surface area contributed by atoms with Crippen molar-refractivity contribution in [1.82, 2.24) is 14.5 Å². The van der Waals surface area contributed by atoms with Crippen LogP contribution < -0.4 is 4.90 Å². The van der Waals surface area contributed by atoms with E-state index in [4.69, 9.17) is 0 Å². The number of anilines is 1. The second kappa shape index (κ2) is 6.86. The van der Waals surface area contributed by atoms with E-state index in [-0.39, 0.29) is 0 Å². The van der Waals surface area contributed by atoms with E-state index in [0.29, 0.717) is 0 Å². The van der Waals surface area contributed by atoms with E-state index in [1.54, 1.807) is 6.92 Å². The number of hydrogen-bond acceptors (Lipinski definition) is 4. The smallest absolute Gasteiger partial charge is 0.139 e. The highest BCUT2D eigenvalue weighted by Crippen LogP contribution is 2.22. The zero-order valence-corrected chi connectivity index (χ0v) is 14.5. The molecule has 0 aliphatic carbocycles. The molecule has 1 aliphatic heterocycles. The third-order valence-corrected chi connectivity index (χ3v) is 4.89. The van der Waals surface area contributed by atoms with Crippen molar-refractivity contribution >= 4 is 16.7 Å². The largest absolute Gasteiger partial charge is 0.385 e. The third kappa shape index (κ3) is 3.25. The van der Waals surface area contributed by atoms with Crippen LogP contribution in [0.5, 0.6) is 0 Å². The number of aromatic nitrogens is 2. The number of nitrogens with zero attached hydrogens (tertiary/aromatic N) is 4. The van der Waals surface area contributed by atoms with Gasteiger partial charge in [-0.05, 0) is 31.2 Å². The Bertz CT molecular complexity index is 835. The fourth-order valence-electron chi connectivity index (χ4n) is 3.55. The summed E-state index contributed by atoms with van der Waals surface area (Å²) in [7, 11) is 0. The van der Waals surface area contributed by atoms with Gasteiger partial charge in [-0.1, -0.05) is 30.3 Å². The van der Waals surface area contributed by atoms with Gasteiger partial charge in [-0.25, -0.2) is 4.98 Å². The van der Waals surface area contributed by atoms with Crippen molar-refractivity contribution in [3.05, 3.63) is 60.4 Å². The van der Waals surface area contributed by atoms with Gasteiger partial charge in [-0.15, -0.1) is 0 Å². The maximum atomic E-state index is 10.1. The Morgan fingerprint density at radius 2 is 1.64 bits per heavy atom. The lowest BCUT2D eigenvalue weighted by molar-refractivity contribution is 0.163. The van der Waals surface area contributed by atoms with Crippen molar-refractivity contribution in [1.29, 1.82) is 0 Å². The molecule has 0 spiro atoms. The number of rotatable bonds is 4. The summed E-state index contributed by atoms with van der Waals surface area (Å²) < 4.78 is 2.15. The molecule has 0 saturated carbocycles. The van der Waals surface area contributed by atoms with Crippen molar-refractivity contribution in [2.24, 2.45) is 0 Å². The minimum Gasteiger partial charge on any atom is -0.385 e. The van der Waals surface area contributed by atoms with E-state index in [1.165, 1.54) is 5.69 Å². The number of hydrogen-bond donors (Lipinski definition) is 1. The van der Waals surface area contributed by atoms with Crippen molar-refractivity contribution in [2.45, 2.75) is 19.7 Å². The van der Waals surface area contributed by atoms with Gasteiger partial charge in [-0.2, -0.15) is 0 Å². The minimum absolute atomic E-state index is 0.571. The maximum Gasteiger partial charge on any atom is 0.139 e. The Labute approximate surface area is 148 Å². The Balaban J connectivity index is 1.50. The average molecular weight is 336 g/mol. The molecular weight excluding hydrogens is 312 g/mol. The van der Waals surface area contributed by atoms with E-state index in [2.05, 4.69) is 55.7 Å².